The monoisotopic (exact) mass is 166 g/mol. The van der Waals surface area contributed by atoms with Crippen molar-refractivity contribution in [1.82, 2.24) is 14.8 Å². The number of nitrogens with zero attached hydrogens (tertiary/aromatic N) is 3. The van der Waals surface area contributed by atoms with E-state index in [4.69, 9.17) is 5.73 Å². The first kappa shape index (κ1) is 7.58. The molecule has 66 valence electrons. The van der Waals surface area contributed by atoms with E-state index in [1.54, 1.807) is 6.33 Å². The van der Waals surface area contributed by atoms with Crippen LogP contribution in [0.5, 0.6) is 0 Å². The number of hydrogen-bond donors (Lipinski definition) is 1. The van der Waals surface area contributed by atoms with Crippen LogP contribution in [0, 0.1) is 5.92 Å². The minimum absolute atomic E-state index is 0.382. The van der Waals surface area contributed by atoms with E-state index < -0.39 is 0 Å². The van der Waals surface area contributed by atoms with Crippen molar-refractivity contribution in [3.8, 4) is 0 Å². The van der Waals surface area contributed by atoms with Crippen LogP contribution in [0.4, 0.5) is 5.95 Å². The van der Waals surface area contributed by atoms with Gasteiger partial charge < -0.3 is 5.73 Å². The summed E-state index contributed by atoms with van der Waals surface area (Å²) in [5, 5.41) is 4.06. The van der Waals surface area contributed by atoms with Gasteiger partial charge in [0.2, 0.25) is 5.95 Å². The second-order valence-electron chi connectivity index (χ2n) is 3.48. The van der Waals surface area contributed by atoms with E-state index in [9.17, 15) is 0 Å². The summed E-state index contributed by atoms with van der Waals surface area (Å²) >= 11 is 0. The molecule has 0 amide bonds. The Balaban J connectivity index is 1.94. The molecule has 1 aliphatic rings. The van der Waals surface area contributed by atoms with Gasteiger partial charge in [-0.1, -0.05) is 12.8 Å². The van der Waals surface area contributed by atoms with Crippen molar-refractivity contribution in [2.45, 2.75) is 32.2 Å². The Morgan fingerprint density at radius 2 is 2.25 bits per heavy atom. The lowest BCUT2D eigenvalue weighted by Gasteiger charge is -2.06. The van der Waals surface area contributed by atoms with Gasteiger partial charge in [0.05, 0.1) is 0 Å². The van der Waals surface area contributed by atoms with Gasteiger partial charge in [-0.05, 0) is 18.8 Å². The quantitative estimate of drug-likeness (QED) is 0.714. The van der Waals surface area contributed by atoms with Crippen molar-refractivity contribution in [2.24, 2.45) is 5.92 Å². The minimum Gasteiger partial charge on any atom is -0.367 e. The third-order valence-electron chi connectivity index (χ3n) is 2.47. The molecule has 1 saturated carbocycles. The molecule has 0 bridgehead atoms. The van der Waals surface area contributed by atoms with Gasteiger partial charge >= 0.3 is 0 Å². The molecule has 0 unspecified atom stereocenters. The van der Waals surface area contributed by atoms with Crippen molar-refractivity contribution in [3.63, 3.8) is 0 Å². The molecule has 0 aliphatic heterocycles. The third-order valence-corrected chi connectivity index (χ3v) is 2.47. The lowest BCUT2D eigenvalue weighted by Crippen LogP contribution is -2.07. The van der Waals surface area contributed by atoms with Crippen LogP contribution >= 0.6 is 0 Å². The first-order chi connectivity index (χ1) is 5.84. The maximum absolute atomic E-state index is 5.41. The van der Waals surface area contributed by atoms with Crippen LogP contribution in [-0.4, -0.2) is 14.8 Å². The molecule has 2 N–H and O–H groups in total. The van der Waals surface area contributed by atoms with Crippen LogP contribution in [0.3, 0.4) is 0 Å². The van der Waals surface area contributed by atoms with Gasteiger partial charge in [0.15, 0.2) is 0 Å². The van der Waals surface area contributed by atoms with Crippen molar-refractivity contribution in [3.05, 3.63) is 6.33 Å². The molecule has 4 nitrogen and oxygen atoms in total. The molecule has 12 heavy (non-hydrogen) atoms. The van der Waals surface area contributed by atoms with E-state index in [1.165, 1.54) is 25.7 Å². The first-order valence-corrected chi connectivity index (χ1v) is 4.49. The molecule has 0 atom stereocenters. The fraction of sp³-hybridized carbons (Fsp3) is 0.750. The fourth-order valence-corrected chi connectivity index (χ4v) is 1.85. The molecule has 1 aromatic rings. The molecule has 1 aromatic heterocycles. The van der Waals surface area contributed by atoms with Gasteiger partial charge in [-0.15, -0.1) is 5.10 Å². The molecule has 0 radical (unpaired) electrons. The second kappa shape index (κ2) is 3.13. The molecular formula is C8H14N4. The van der Waals surface area contributed by atoms with E-state index in [-0.39, 0.29) is 0 Å². The normalized spacial score (nSPS) is 18.7. The van der Waals surface area contributed by atoms with E-state index in [1.807, 2.05) is 4.68 Å². The smallest absolute Gasteiger partial charge is 0.239 e. The minimum atomic E-state index is 0.382. The van der Waals surface area contributed by atoms with Gasteiger partial charge in [-0.25, -0.2) is 4.98 Å². The van der Waals surface area contributed by atoms with Crippen molar-refractivity contribution in [2.75, 3.05) is 5.73 Å². The molecule has 0 aromatic carbocycles. The zero-order valence-electron chi connectivity index (χ0n) is 7.11. The maximum Gasteiger partial charge on any atom is 0.239 e. The summed E-state index contributed by atoms with van der Waals surface area (Å²) in [5.41, 5.74) is 5.41. The Kier molecular flexibility index (Phi) is 1.98. The fourth-order valence-electron chi connectivity index (χ4n) is 1.85. The second-order valence-corrected chi connectivity index (χ2v) is 3.48. The van der Waals surface area contributed by atoms with E-state index in [0.29, 0.717) is 5.95 Å². The largest absolute Gasteiger partial charge is 0.367 e. The van der Waals surface area contributed by atoms with Gasteiger partial charge in [-0.2, -0.15) is 0 Å². The topological polar surface area (TPSA) is 56.7 Å². The molecule has 1 heterocycles. The van der Waals surface area contributed by atoms with Crippen LogP contribution in [0.25, 0.3) is 0 Å². The Hall–Kier alpha value is -1.06. The lowest BCUT2D eigenvalue weighted by atomic mass is 10.1. The van der Waals surface area contributed by atoms with Crippen LogP contribution in [0.2, 0.25) is 0 Å². The highest BCUT2D eigenvalue weighted by Crippen LogP contribution is 2.25. The van der Waals surface area contributed by atoms with E-state index in [2.05, 4.69) is 10.1 Å². The standard InChI is InChI=1S/C8H14N4/c9-8-10-6-12(11-8)5-7-3-1-2-4-7/h6-7H,1-5H2,(H2,9,11). The summed E-state index contributed by atoms with van der Waals surface area (Å²) in [6, 6.07) is 0. The summed E-state index contributed by atoms with van der Waals surface area (Å²) in [7, 11) is 0. The summed E-state index contributed by atoms with van der Waals surface area (Å²) < 4.78 is 1.85. The van der Waals surface area contributed by atoms with E-state index in [0.717, 1.165) is 12.5 Å². The van der Waals surface area contributed by atoms with E-state index >= 15 is 0 Å². The van der Waals surface area contributed by atoms with Crippen molar-refractivity contribution in [1.29, 1.82) is 0 Å². The molecule has 2 rings (SSSR count). The zero-order valence-corrected chi connectivity index (χ0v) is 7.11. The summed E-state index contributed by atoms with van der Waals surface area (Å²) in [5.74, 6) is 1.18. The average molecular weight is 166 g/mol. The summed E-state index contributed by atoms with van der Waals surface area (Å²) in [4.78, 5) is 3.89. The molecule has 1 fully saturated rings. The number of anilines is 1. The number of nitrogen functional groups attached to an aromatic ring is 1. The van der Waals surface area contributed by atoms with Crippen LogP contribution in [0.1, 0.15) is 25.7 Å². The molecule has 1 aliphatic carbocycles. The number of aromatic nitrogens is 3. The average Bonchev–Trinajstić information content (AvgIpc) is 2.63. The van der Waals surface area contributed by atoms with Gasteiger partial charge in [0, 0.05) is 6.54 Å². The molecular weight excluding hydrogens is 152 g/mol. The Morgan fingerprint density at radius 3 is 2.83 bits per heavy atom. The molecule has 0 saturated heterocycles. The van der Waals surface area contributed by atoms with Crippen LogP contribution < -0.4 is 5.73 Å². The molecule has 0 spiro atoms. The van der Waals surface area contributed by atoms with Gasteiger partial charge in [0.25, 0.3) is 0 Å². The van der Waals surface area contributed by atoms with Crippen LogP contribution in [-0.2, 0) is 6.54 Å². The highest BCUT2D eigenvalue weighted by Gasteiger charge is 2.15. The highest BCUT2D eigenvalue weighted by molar-refractivity contribution is 5.09. The number of hydrogen-bond acceptors (Lipinski definition) is 3. The Morgan fingerprint density at radius 1 is 1.50 bits per heavy atom. The number of nitrogens with two attached hydrogens (primary N) is 1. The first-order valence-electron chi connectivity index (χ1n) is 4.49. The summed E-state index contributed by atoms with van der Waals surface area (Å²) in [6.45, 7) is 0.990. The SMILES string of the molecule is Nc1ncn(CC2CCCC2)n1. The Bertz CT molecular complexity index is 249. The van der Waals surface area contributed by atoms with Gasteiger partial charge in [0.1, 0.15) is 6.33 Å². The van der Waals surface area contributed by atoms with Crippen LogP contribution in [0.15, 0.2) is 6.33 Å². The van der Waals surface area contributed by atoms with Crippen molar-refractivity contribution < 1.29 is 0 Å². The zero-order chi connectivity index (χ0) is 8.39. The number of rotatable bonds is 2. The van der Waals surface area contributed by atoms with Gasteiger partial charge in [-0.3, -0.25) is 4.68 Å². The van der Waals surface area contributed by atoms with Crippen molar-refractivity contribution >= 4 is 5.95 Å². The summed E-state index contributed by atoms with van der Waals surface area (Å²) in [6.07, 6.45) is 7.12. The highest BCUT2D eigenvalue weighted by atomic mass is 15.4. The third kappa shape index (κ3) is 1.57. The maximum atomic E-state index is 5.41. The lowest BCUT2D eigenvalue weighted by molar-refractivity contribution is 0.429. The molecule has 4 heteroatoms. The Labute approximate surface area is 71.8 Å². The predicted octanol–water partition coefficient (Wildman–Crippen LogP) is 1.05. The predicted molar refractivity (Wildman–Crippen MR) is 46.4 cm³/mol.